The van der Waals surface area contributed by atoms with E-state index in [9.17, 15) is 19.4 Å². The van der Waals surface area contributed by atoms with Crippen molar-refractivity contribution in [3.63, 3.8) is 0 Å². The van der Waals surface area contributed by atoms with E-state index in [4.69, 9.17) is 9.05 Å². The number of carbonyl (C=O) groups excluding carboxylic acids is 1. The fraction of sp³-hybridized carbons (Fsp3) is 0.930. The van der Waals surface area contributed by atoms with Crippen LogP contribution in [0.25, 0.3) is 0 Å². The van der Waals surface area contributed by atoms with Crippen LogP contribution in [0.1, 0.15) is 206 Å². The lowest BCUT2D eigenvalue weighted by Gasteiger charge is -2.30. The number of hydrogen-bond donors (Lipinski definition) is 2. The summed E-state index contributed by atoms with van der Waals surface area (Å²) in [5, 5.41) is 13.9. The zero-order chi connectivity index (χ0) is 38.6. The quantitative estimate of drug-likeness (QED) is 0.0279. The Labute approximate surface area is 322 Å². The molecule has 0 saturated carbocycles. The molecule has 1 unspecified atom stereocenters. The second-order valence-corrected chi connectivity index (χ2v) is 17.8. The molecule has 0 spiro atoms. The summed E-state index contributed by atoms with van der Waals surface area (Å²) in [4.78, 5) is 25.3. The largest absolute Gasteiger partial charge is 0.756 e. The van der Waals surface area contributed by atoms with E-state index in [2.05, 4.69) is 31.3 Å². The molecule has 0 aliphatic heterocycles. The highest BCUT2D eigenvalue weighted by atomic mass is 31.2. The number of nitrogens with one attached hydrogen (secondary N) is 1. The summed E-state index contributed by atoms with van der Waals surface area (Å²) >= 11 is 0. The highest BCUT2D eigenvalue weighted by molar-refractivity contribution is 7.45. The molecule has 0 heterocycles. The van der Waals surface area contributed by atoms with Crippen LogP contribution < -0.4 is 10.2 Å². The standard InChI is InChI=1S/C43H87N2O6P/c1-6-8-10-12-14-16-18-20-22-23-24-26-28-30-32-34-36-42(46)41(40-51-52(48,49)50-39-38-45(3,4)5)44-43(47)37-35-33-31-29-27-25-21-19-17-15-13-11-9-7-2/h26,28,41-42,46H,6-25,27,29-40H2,1-5H3,(H-,44,47,48,49)/b28-26+/t41-,42+/m0/s1. The van der Waals surface area contributed by atoms with E-state index in [1.807, 2.05) is 21.1 Å². The number of allylic oxidation sites excluding steroid dienone is 2. The first-order valence-corrected chi connectivity index (χ1v) is 23.5. The van der Waals surface area contributed by atoms with Gasteiger partial charge in [-0.25, -0.2) is 0 Å². The van der Waals surface area contributed by atoms with E-state index in [-0.39, 0.29) is 19.1 Å². The Balaban J connectivity index is 4.40. The maximum Gasteiger partial charge on any atom is 0.268 e. The van der Waals surface area contributed by atoms with Gasteiger partial charge in [-0.2, -0.15) is 0 Å². The average molecular weight is 759 g/mol. The van der Waals surface area contributed by atoms with Crippen molar-refractivity contribution in [1.82, 2.24) is 5.32 Å². The van der Waals surface area contributed by atoms with Gasteiger partial charge in [-0.15, -0.1) is 0 Å². The fourth-order valence-corrected chi connectivity index (χ4v) is 7.17. The molecule has 0 aromatic carbocycles. The third-order valence-electron chi connectivity index (χ3n) is 10.0. The maximum atomic E-state index is 12.8. The Bertz CT molecular complexity index is 865. The molecule has 3 atom stereocenters. The highest BCUT2D eigenvalue weighted by Gasteiger charge is 2.24. The Morgan fingerprint density at radius 2 is 1.06 bits per heavy atom. The Hall–Kier alpha value is -0.760. The number of aliphatic hydroxyl groups is 1. The van der Waals surface area contributed by atoms with E-state index in [1.54, 1.807) is 0 Å². The maximum absolute atomic E-state index is 12.8. The number of amides is 1. The lowest BCUT2D eigenvalue weighted by atomic mass is 10.0. The minimum absolute atomic E-state index is 0.00962. The van der Waals surface area contributed by atoms with Crippen molar-refractivity contribution < 1.29 is 32.9 Å². The van der Waals surface area contributed by atoms with E-state index < -0.39 is 20.0 Å². The van der Waals surface area contributed by atoms with E-state index in [1.165, 1.54) is 135 Å². The number of carbonyl (C=O) groups is 1. The van der Waals surface area contributed by atoms with Gasteiger partial charge < -0.3 is 28.8 Å². The van der Waals surface area contributed by atoms with Crippen LogP contribution in [0.5, 0.6) is 0 Å². The molecule has 0 aromatic rings. The van der Waals surface area contributed by atoms with Crippen LogP contribution in [0.15, 0.2) is 12.2 Å². The van der Waals surface area contributed by atoms with Gasteiger partial charge in [-0.3, -0.25) is 9.36 Å². The zero-order valence-electron chi connectivity index (χ0n) is 35.0. The zero-order valence-corrected chi connectivity index (χ0v) is 35.9. The first kappa shape index (κ1) is 51.2. The van der Waals surface area contributed by atoms with Gasteiger partial charge in [0, 0.05) is 6.42 Å². The van der Waals surface area contributed by atoms with Crippen molar-refractivity contribution in [2.24, 2.45) is 0 Å². The van der Waals surface area contributed by atoms with Crippen LogP contribution in [0.3, 0.4) is 0 Å². The van der Waals surface area contributed by atoms with E-state index >= 15 is 0 Å². The lowest BCUT2D eigenvalue weighted by molar-refractivity contribution is -0.870. The van der Waals surface area contributed by atoms with E-state index in [0.717, 1.165) is 44.9 Å². The van der Waals surface area contributed by atoms with Crippen molar-refractivity contribution in [2.45, 2.75) is 219 Å². The van der Waals surface area contributed by atoms with Gasteiger partial charge in [0.25, 0.3) is 7.82 Å². The molecule has 2 N–H and O–H groups in total. The highest BCUT2D eigenvalue weighted by Crippen LogP contribution is 2.38. The van der Waals surface area contributed by atoms with Crippen LogP contribution in [0.4, 0.5) is 0 Å². The topological polar surface area (TPSA) is 108 Å². The molecule has 0 fully saturated rings. The summed E-state index contributed by atoms with van der Waals surface area (Å²) < 4.78 is 23.2. The van der Waals surface area contributed by atoms with Crippen LogP contribution in [-0.2, 0) is 18.4 Å². The third kappa shape index (κ3) is 37.6. The molecule has 0 bridgehead atoms. The number of hydrogen-bond acceptors (Lipinski definition) is 6. The molecule has 9 heteroatoms. The minimum atomic E-state index is -4.56. The number of phosphoric acid groups is 1. The predicted octanol–water partition coefficient (Wildman–Crippen LogP) is 11.3. The smallest absolute Gasteiger partial charge is 0.268 e. The molecule has 8 nitrogen and oxygen atoms in total. The van der Waals surface area contributed by atoms with Crippen LogP contribution >= 0.6 is 7.82 Å². The second kappa shape index (κ2) is 35.9. The molecule has 0 saturated heterocycles. The first-order valence-electron chi connectivity index (χ1n) is 22.0. The molecule has 52 heavy (non-hydrogen) atoms. The summed E-state index contributed by atoms with van der Waals surface area (Å²) in [7, 11) is 1.29. The summed E-state index contributed by atoms with van der Waals surface area (Å²) in [6, 6.07) is -0.810. The van der Waals surface area contributed by atoms with Gasteiger partial charge in [0.2, 0.25) is 5.91 Å². The average Bonchev–Trinajstić information content (AvgIpc) is 3.09. The monoisotopic (exact) mass is 759 g/mol. The first-order chi connectivity index (χ1) is 25.0. The van der Waals surface area contributed by atoms with Crippen molar-refractivity contribution >= 4 is 13.7 Å². The second-order valence-electron chi connectivity index (χ2n) is 16.4. The van der Waals surface area contributed by atoms with Gasteiger partial charge in [-0.05, 0) is 38.5 Å². The molecule has 0 aromatic heterocycles. The number of likely N-dealkylation sites (N-methyl/N-ethyl adjacent to an activating group) is 1. The van der Waals surface area contributed by atoms with E-state index in [0.29, 0.717) is 23.9 Å². The number of aliphatic hydroxyl groups excluding tert-OH is 1. The Morgan fingerprint density at radius 3 is 1.50 bits per heavy atom. The summed E-state index contributed by atoms with van der Waals surface area (Å²) in [6.07, 6.45) is 39.2. The minimum Gasteiger partial charge on any atom is -0.756 e. The molecule has 0 radical (unpaired) electrons. The fourth-order valence-electron chi connectivity index (χ4n) is 6.45. The van der Waals surface area contributed by atoms with Crippen LogP contribution in [0, 0.1) is 0 Å². The normalized spacial score (nSPS) is 14.5. The molecule has 0 rings (SSSR count). The SMILES string of the molecule is CCCCCCCCCCCC/C=C/CCCC[C@@H](O)[C@H](COP(=O)([O-])OCC[N+](C)(C)C)NC(=O)CCCCCCCCCCCCCCCC. The van der Waals surface area contributed by atoms with Crippen molar-refractivity contribution in [1.29, 1.82) is 0 Å². The molecular weight excluding hydrogens is 671 g/mol. The van der Waals surface area contributed by atoms with Gasteiger partial charge >= 0.3 is 0 Å². The molecule has 1 amide bonds. The van der Waals surface area contributed by atoms with Crippen molar-refractivity contribution in [3.05, 3.63) is 12.2 Å². The molecule has 0 aliphatic carbocycles. The summed E-state index contributed by atoms with van der Waals surface area (Å²) in [5.74, 6) is -0.173. The summed E-state index contributed by atoms with van der Waals surface area (Å²) in [6.45, 7) is 4.70. The summed E-state index contributed by atoms with van der Waals surface area (Å²) in [5.41, 5.74) is 0. The number of quaternary nitrogens is 1. The van der Waals surface area contributed by atoms with Gasteiger partial charge in [0.15, 0.2) is 0 Å². The van der Waals surface area contributed by atoms with Gasteiger partial charge in [-0.1, -0.05) is 174 Å². The lowest BCUT2D eigenvalue weighted by Crippen LogP contribution is -2.46. The van der Waals surface area contributed by atoms with Gasteiger partial charge in [0.05, 0.1) is 39.9 Å². The predicted molar refractivity (Wildman–Crippen MR) is 219 cm³/mol. The van der Waals surface area contributed by atoms with Crippen molar-refractivity contribution in [2.75, 3.05) is 40.9 Å². The number of phosphoric ester groups is 1. The van der Waals surface area contributed by atoms with Crippen LogP contribution in [-0.4, -0.2) is 68.5 Å². The van der Waals surface area contributed by atoms with Gasteiger partial charge in [0.1, 0.15) is 13.2 Å². The van der Waals surface area contributed by atoms with Crippen LogP contribution in [0.2, 0.25) is 0 Å². The Morgan fingerprint density at radius 1 is 0.654 bits per heavy atom. The number of nitrogens with zero attached hydrogens (tertiary/aromatic N) is 1. The number of rotatable bonds is 40. The Kier molecular flexibility index (Phi) is 35.4. The van der Waals surface area contributed by atoms with Crippen molar-refractivity contribution in [3.8, 4) is 0 Å². The number of unbranched alkanes of at least 4 members (excludes halogenated alkanes) is 25. The molecule has 310 valence electrons. The molecular formula is C43H87N2O6P. The third-order valence-corrected chi connectivity index (χ3v) is 11.0. The molecule has 0 aliphatic rings.